The molecule has 7 nitrogen and oxygen atoms in total. The van der Waals surface area contributed by atoms with Gasteiger partial charge < -0.3 is 4.57 Å². The summed E-state index contributed by atoms with van der Waals surface area (Å²) in [4.78, 5) is 30.0. The molecule has 3 aromatic heterocycles. The molecule has 0 amide bonds. The summed E-state index contributed by atoms with van der Waals surface area (Å²) < 4.78 is 2.42. The topological polar surface area (TPSA) is 82.3 Å². The van der Waals surface area contributed by atoms with Crippen LogP contribution in [0.15, 0.2) is 237 Å². The van der Waals surface area contributed by atoms with E-state index in [9.17, 15) is 0 Å². The van der Waals surface area contributed by atoms with Crippen LogP contribution in [0.1, 0.15) is 0 Å². The summed E-state index contributed by atoms with van der Waals surface area (Å²) >= 11 is 0. The van der Waals surface area contributed by atoms with E-state index in [0.717, 1.165) is 83.1 Å². The summed E-state index contributed by atoms with van der Waals surface area (Å²) in [6.07, 6.45) is 0. The van der Waals surface area contributed by atoms with E-state index in [-0.39, 0.29) is 0 Å². The zero-order chi connectivity index (χ0) is 44.5. The van der Waals surface area contributed by atoms with Crippen molar-refractivity contribution in [2.24, 2.45) is 0 Å². The SMILES string of the molecule is c1ccc(-c2nc(-c3ccccc3)nc(-c3ccc(-c4cccc5c6cccc(-c7cccc(-c8nc(-c9ccccc9)nc(-c9ccccc9)n8)c7)c6n(-c6ccccc6)c45)cc3)n2)cc1. The molecule has 0 radical (unpaired) electrons. The lowest BCUT2D eigenvalue weighted by Crippen LogP contribution is -2.00. The zero-order valence-corrected chi connectivity index (χ0v) is 36.1. The van der Waals surface area contributed by atoms with E-state index >= 15 is 0 Å². The fourth-order valence-electron chi connectivity index (χ4n) is 8.92. The first-order valence-corrected chi connectivity index (χ1v) is 22.3. The number of hydrogen-bond donors (Lipinski definition) is 0. The Balaban J connectivity index is 1.000. The first-order valence-electron chi connectivity index (χ1n) is 22.3. The molecule has 12 rings (SSSR count). The van der Waals surface area contributed by atoms with Crippen molar-refractivity contribution in [3.63, 3.8) is 0 Å². The second-order valence-electron chi connectivity index (χ2n) is 16.3. The maximum atomic E-state index is 5.06. The Hall–Kier alpha value is -9.20. The van der Waals surface area contributed by atoms with E-state index in [2.05, 4.69) is 120 Å². The summed E-state index contributed by atoms with van der Waals surface area (Å²) in [6, 6.07) is 81.3. The third kappa shape index (κ3) is 7.50. The largest absolute Gasteiger partial charge is 0.308 e. The minimum atomic E-state index is 0.612. The van der Waals surface area contributed by atoms with Crippen LogP contribution in [0.5, 0.6) is 0 Å². The Morgan fingerprint density at radius 3 is 0.940 bits per heavy atom. The number of hydrogen-bond acceptors (Lipinski definition) is 6. The van der Waals surface area contributed by atoms with Crippen LogP contribution in [0.3, 0.4) is 0 Å². The summed E-state index contributed by atoms with van der Waals surface area (Å²) in [5.74, 6) is 3.75. The van der Waals surface area contributed by atoms with E-state index in [0.29, 0.717) is 34.9 Å². The van der Waals surface area contributed by atoms with Gasteiger partial charge in [0.2, 0.25) is 0 Å². The molecule has 0 bridgehead atoms. The van der Waals surface area contributed by atoms with Crippen molar-refractivity contribution in [2.45, 2.75) is 0 Å². The molecular formula is C60H39N7. The van der Waals surface area contributed by atoms with Gasteiger partial charge in [0.15, 0.2) is 34.9 Å². The lowest BCUT2D eigenvalue weighted by molar-refractivity contribution is 1.07. The van der Waals surface area contributed by atoms with Crippen LogP contribution in [-0.2, 0) is 0 Å². The predicted octanol–water partition coefficient (Wildman–Crippen LogP) is 14.5. The first kappa shape index (κ1) is 39.4. The highest BCUT2D eigenvalue weighted by Gasteiger charge is 2.21. The van der Waals surface area contributed by atoms with Gasteiger partial charge in [-0.15, -0.1) is 0 Å². The molecular weight excluding hydrogens is 819 g/mol. The van der Waals surface area contributed by atoms with Crippen molar-refractivity contribution in [1.82, 2.24) is 34.5 Å². The van der Waals surface area contributed by atoms with Gasteiger partial charge in [0.25, 0.3) is 0 Å². The van der Waals surface area contributed by atoms with E-state index in [1.165, 1.54) is 0 Å². The maximum absolute atomic E-state index is 5.06. The molecule has 7 heteroatoms. The molecule has 0 aliphatic carbocycles. The zero-order valence-electron chi connectivity index (χ0n) is 36.1. The number of fused-ring (bicyclic) bond motifs is 3. The summed E-state index contributed by atoms with van der Waals surface area (Å²) in [5, 5.41) is 2.32. The third-order valence-corrected chi connectivity index (χ3v) is 12.1. The minimum absolute atomic E-state index is 0.612. The average Bonchev–Trinajstić information content (AvgIpc) is 3.77. The van der Waals surface area contributed by atoms with E-state index in [4.69, 9.17) is 29.9 Å². The summed E-state index contributed by atoms with van der Waals surface area (Å²) in [6.45, 7) is 0. The minimum Gasteiger partial charge on any atom is -0.308 e. The van der Waals surface area contributed by atoms with Crippen molar-refractivity contribution in [1.29, 1.82) is 0 Å². The lowest BCUT2D eigenvalue weighted by Gasteiger charge is -2.14. The van der Waals surface area contributed by atoms with Crippen LogP contribution in [0.2, 0.25) is 0 Å². The second-order valence-corrected chi connectivity index (χ2v) is 16.3. The Morgan fingerprint density at radius 2 is 0.522 bits per heavy atom. The van der Waals surface area contributed by atoms with Crippen LogP contribution in [-0.4, -0.2) is 34.5 Å². The quantitative estimate of drug-likeness (QED) is 0.144. The van der Waals surface area contributed by atoms with Crippen molar-refractivity contribution in [3.8, 4) is 96.3 Å². The Kier molecular flexibility index (Phi) is 10.0. The third-order valence-electron chi connectivity index (χ3n) is 12.1. The summed E-state index contributed by atoms with van der Waals surface area (Å²) in [5.41, 5.74) is 13.2. The molecule has 0 saturated carbocycles. The molecule has 0 N–H and O–H groups in total. The molecule has 0 aliphatic heterocycles. The normalized spacial score (nSPS) is 11.3. The first-order chi connectivity index (χ1) is 33.2. The van der Waals surface area contributed by atoms with Gasteiger partial charge >= 0.3 is 0 Å². The molecule has 0 saturated heterocycles. The van der Waals surface area contributed by atoms with Crippen LogP contribution < -0.4 is 0 Å². The monoisotopic (exact) mass is 857 g/mol. The fraction of sp³-hybridized carbons (Fsp3) is 0. The number of aromatic nitrogens is 7. The van der Waals surface area contributed by atoms with Crippen LogP contribution >= 0.6 is 0 Å². The molecule has 0 unspecified atom stereocenters. The highest BCUT2D eigenvalue weighted by Crippen LogP contribution is 2.43. The van der Waals surface area contributed by atoms with Gasteiger partial charge in [0, 0.05) is 61.0 Å². The van der Waals surface area contributed by atoms with Crippen molar-refractivity contribution in [3.05, 3.63) is 237 Å². The lowest BCUT2D eigenvalue weighted by atomic mass is 9.98. The molecule has 0 aliphatic rings. The highest BCUT2D eigenvalue weighted by molar-refractivity contribution is 6.17. The molecule has 67 heavy (non-hydrogen) atoms. The smallest absolute Gasteiger partial charge is 0.164 e. The number of nitrogens with zero attached hydrogens (tertiary/aromatic N) is 7. The van der Waals surface area contributed by atoms with Gasteiger partial charge in [0.1, 0.15) is 0 Å². The van der Waals surface area contributed by atoms with Crippen molar-refractivity contribution < 1.29 is 0 Å². The van der Waals surface area contributed by atoms with Gasteiger partial charge in [-0.2, -0.15) is 0 Å². The van der Waals surface area contributed by atoms with Gasteiger partial charge in [0.05, 0.1) is 11.0 Å². The van der Waals surface area contributed by atoms with Crippen molar-refractivity contribution in [2.75, 3.05) is 0 Å². The maximum Gasteiger partial charge on any atom is 0.164 e. The Bertz CT molecular complexity index is 3590. The van der Waals surface area contributed by atoms with Crippen LogP contribution in [0, 0.1) is 0 Å². The molecule has 9 aromatic carbocycles. The standard InChI is InChI=1S/C60H39N7/c1-6-19-41(20-7-1)55-61-56(42-21-8-2-9-22-42)64-59(63-55)45-37-35-40(36-38-45)49-31-17-33-51-52-34-18-32-50(54(52)67(53(49)51)48-29-14-5-15-30-48)46-27-16-28-47(39-46)60-65-57(43-23-10-3-11-24-43)62-58(66-60)44-25-12-4-13-26-44/h1-39H. The molecule has 12 aromatic rings. The predicted molar refractivity (Wildman–Crippen MR) is 271 cm³/mol. The Morgan fingerprint density at radius 1 is 0.224 bits per heavy atom. The molecule has 0 spiro atoms. The van der Waals surface area contributed by atoms with Gasteiger partial charge in [-0.1, -0.05) is 218 Å². The molecule has 0 fully saturated rings. The summed E-state index contributed by atoms with van der Waals surface area (Å²) in [7, 11) is 0. The average molecular weight is 858 g/mol. The van der Waals surface area contributed by atoms with Gasteiger partial charge in [-0.05, 0) is 29.3 Å². The number of para-hydroxylation sites is 3. The number of rotatable bonds is 9. The van der Waals surface area contributed by atoms with Crippen LogP contribution in [0.25, 0.3) is 118 Å². The molecule has 314 valence electrons. The van der Waals surface area contributed by atoms with E-state index in [1.54, 1.807) is 0 Å². The van der Waals surface area contributed by atoms with Crippen LogP contribution in [0.4, 0.5) is 0 Å². The highest BCUT2D eigenvalue weighted by atomic mass is 15.0. The number of benzene rings is 9. The Labute approximate surface area is 387 Å². The van der Waals surface area contributed by atoms with Crippen molar-refractivity contribution >= 4 is 21.8 Å². The molecule has 0 atom stereocenters. The van der Waals surface area contributed by atoms with Gasteiger partial charge in [-0.25, -0.2) is 29.9 Å². The van der Waals surface area contributed by atoms with E-state index in [1.807, 2.05) is 121 Å². The fourth-order valence-corrected chi connectivity index (χ4v) is 8.92. The molecule has 3 heterocycles. The second kappa shape index (κ2) is 17.1. The van der Waals surface area contributed by atoms with E-state index < -0.39 is 0 Å². The van der Waals surface area contributed by atoms with Gasteiger partial charge in [-0.3, -0.25) is 0 Å².